The lowest BCUT2D eigenvalue weighted by Crippen LogP contribution is -2.42. The molecule has 0 radical (unpaired) electrons. The summed E-state index contributed by atoms with van der Waals surface area (Å²) >= 11 is 0. The van der Waals surface area contributed by atoms with E-state index in [1.165, 1.54) is 0 Å². The van der Waals surface area contributed by atoms with Crippen LogP contribution in [0.5, 0.6) is 0 Å². The molecule has 0 aromatic heterocycles. The molecule has 4 nitrogen and oxygen atoms in total. The zero-order valence-electron chi connectivity index (χ0n) is 12.7. The van der Waals surface area contributed by atoms with E-state index in [2.05, 4.69) is 0 Å². The van der Waals surface area contributed by atoms with E-state index >= 15 is 0 Å². The number of piperidine rings is 1. The van der Waals surface area contributed by atoms with Crippen molar-refractivity contribution < 1.29 is 20.1 Å². The van der Waals surface area contributed by atoms with Crippen molar-refractivity contribution in [3.8, 4) is 0 Å². The van der Waals surface area contributed by atoms with Gasteiger partial charge in [0.15, 0.2) is 0 Å². The van der Waals surface area contributed by atoms with E-state index in [1.807, 2.05) is 0 Å². The molecule has 0 aliphatic carbocycles. The molecule has 1 fully saturated rings. The maximum atomic E-state index is 11.9. The van der Waals surface area contributed by atoms with E-state index in [0.717, 1.165) is 0 Å². The standard InChI is InChI=1S/C10H19NO3/c1-10(2,3)14-9(13)11-6-4-8(12)5-7-11/h8,12H,4-7H2,1-3H3/i6D2,7D2. The fourth-order valence-corrected chi connectivity index (χ4v) is 0.958. The Hall–Kier alpha value is -0.770. The maximum Gasteiger partial charge on any atom is 0.410 e. The van der Waals surface area contributed by atoms with Gasteiger partial charge in [0.2, 0.25) is 0 Å². The van der Waals surface area contributed by atoms with Crippen molar-refractivity contribution >= 4 is 6.09 Å². The van der Waals surface area contributed by atoms with Crippen molar-refractivity contribution in [2.75, 3.05) is 13.0 Å². The van der Waals surface area contributed by atoms with Gasteiger partial charge in [0, 0.05) is 18.5 Å². The molecule has 82 valence electrons. The predicted octanol–water partition coefficient (Wildman–Crippen LogP) is 1.38. The van der Waals surface area contributed by atoms with Gasteiger partial charge >= 0.3 is 6.09 Å². The first kappa shape index (κ1) is 6.67. The first-order chi connectivity index (χ1) is 7.85. The minimum absolute atomic E-state index is 0.328. The van der Waals surface area contributed by atoms with Crippen LogP contribution in [-0.2, 0) is 4.74 Å². The molecule has 14 heavy (non-hydrogen) atoms. The van der Waals surface area contributed by atoms with Crippen LogP contribution in [0.25, 0.3) is 0 Å². The molecular formula is C10H19NO3. The van der Waals surface area contributed by atoms with E-state index in [4.69, 9.17) is 10.2 Å². The Bertz CT molecular complexity index is 323. The number of ether oxygens (including phenoxy) is 1. The maximum absolute atomic E-state index is 11.9. The van der Waals surface area contributed by atoms with Gasteiger partial charge in [-0.05, 0) is 33.6 Å². The minimum Gasteiger partial charge on any atom is -0.444 e. The number of hydrogen-bond donors (Lipinski definition) is 1. The first-order valence-electron chi connectivity index (χ1n) is 6.56. The summed E-state index contributed by atoms with van der Waals surface area (Å²) in [5, 5.41) is 9.45. The second-order valence-electron chi connectivity index (χ2n) is 4.19. The van der Waals surface area contributed by atoms with Crippen LogP contribution in [0.1, 0.15) is 39.1 Å². The van der Waals surface area contributed by atoms with Crippen LogP contribution in [0.3, 0.4) is 0 Å². The Morgan fingerprint density at radius 2 is 2.00 bits per heavy atom. The molecular weight excluding hydrogens is 182 g/mol. The second-order valence-corrected chi connectivity index (χ2v) is 4.19. The van der Waals surface area contributed by atoms with Crippen LogP contribution < -0.4 is 0 Å². The molecule has 1 amide bonds. The molecule has 0 spiro atoms. The highest BCUT2D eigenvalue weighted by molar-refractivity contribution is 5.68. The Kier molecular flexibility index (Phi) is 1.99. The van der Waals surface area contributed by atoms with Gasteiger partial charge in [-0.25, -0.2) is 4.79 Å². The third-order valence-corrected chi connectivity index (χ3v) is 1.55. The lowest BCUT2D eigenvalue weighted by molar-refractivity contribution is 0.0101. The molecule has 1 aliphatic heterocycles. The Labute approximate surface area is 90.5 Å². The zero-order chi connectivity index (χ0) is 14.4. The Balaban J connectivity index is 2.99. The van der Waals surface area contributed by atoms with Crippen LogP contribution in [0.15, 0.2) is 0 Å². The highest BCUT2D eigenvalue weighted by Crippen LogP contribution is 2.14. The smallest absolute Gasteiger partial charge is 0.410 e. The lowest BCUT2D eigenvalue weighted by Gasteiger charge is -2.31. The number of aliphatic hydroxyl groups is 1. The summed E-state index contributed by atoms with van der Waals surface area (Å²) in [5.74, 6) is 0. The number of carbonyl (C=O) groups is 1. The average Bonchev–Trinajstić information content (AvgIpc) is 1.90. The van der Waals surface area contributed by atoms with Gasteiger partial charge in [-0.1, -0.05) is 0 Å². The molecule has 1 N–H and O–H groups in total. The molecule has 1 saturated heterocycles. The Morgan fingerprint density at radius 3 is 2.43 bits per heavy atom. The normalized spacial score (nSPS) is 31.0. The summed E-state index contributed by atoms with van der Waals surface area (Å²) in [4.78, 5) is 12.3. The molecule has 1 rings (SSSR count). The number of aliphatic hydroxyl groups excluding tert-OH is 1. The summed E-state index contributed by atoms with van der Waals surface area (Å²) in [5.41, 5.74) is -0.834. The quantitative estimate of drug-likeness (QED) is 0.650. The largest absolute Gasteiger partial charge is 0.444 e. The minimum atomic E-state index is -2.27. The molecule has 0 atom stereocenters. The SMILES string of the molecule is [2H]C1([2H])CC(O)CC([2H])([2H])N1C(=O)OC(C)(C)C. The first-order valence-corrected chi connectivity index (χ1v) is 4.56. The van der Waals surface area contributed by atoms with E-state index in [9.17, 15) is 9.90 Å². The van der Waals surface area contributed by atoms with Crippen LogP contribution in [0.2, 0.25) is 0 Å². The van der Waals surface area contributed by atoms with Crippen molar-refractivity contribution in [2.24, 2.45) is 0 Å². The number of rotatable bonds is 0. The highest BCUT2D eigenvalue weighted by atomic mass is 16.6. The molecule has 0 aromatic rings. The number of carbonyl (C=O) groups excluding carboxylic acids is 1. The van der Waals surface area contributed by atoms with Crippen LogP contribution in [0.4, 0.5) is 4.79 Å². The van der Waals surface area contributed by atoms with Crippen LogP contribution in [-0.4, -0.2) is 40.8 Å². The number of hydrogen-bond acceptors (Lipinski definition) is 3. The number of amides is 1. The van der Waals surface area contributed by atoms with Gasteiger partial charge < -0.3 is 14.7 Å². The van der Waals surface area contributed by atoms with Crippen molar-refractivity contribution in [1.82, 2.24) is 4.90 Å². The van der Waals surface area contributed by atoms with E-state index in [0.29, 0.717) is 4.90 Å². The lowest BCUT2D eigenvalue weighted by atomic mass is 10.1. The van der Waals surface area contributed by atoms with E-state index in [1.54, 1.807) is 20.8 Å². The van der Waals surface area contributed by atoms with Crippen molar-refractivity contribution in [1.29, 1.82) is 0 Å². The summed E-state index contributed by atoms with van der Waals surface area (Å²) in [6.07, 6.45) is -2.82. The fourth-order valence-electron chi connectivity index (χ4n) is 0.958. The van der Waals surface area contributed by atoms with Gasteiger partial charge in [-0.2, -0.15) is 0 Å². The van der Waals surface area contributed by atoms with E-state index in [-0.39, 0.29) is 12.8 Å². The van der Waals surface area contributed by atoms with E-state index < -0.39 is 30.8 Å². The highest BCUT2D eigenvalue weighted by Gasteiger charge is 2.25. The van der Waals surface area contributed by atoms with Crippen molar-refractivity contribution in [3.63, 3.8) is 0 Å². The average molecular weight is 205 g/mol. The van der Waals surface area contributed by atoms with Crippen LogP contribution >= 0.6 is 0 Å². The molecule has 0 bridgehead atoms. The third kappa shape index (κ3) is 3.54. The van der Waals surface area contributed by atoms with Gasteiger partial charge in [0.25, 0.3) is 0 Å². The monoisotopic (exact) mass is 205 g/mol. The molecule has 1 heterocycles. The van der Waals surface area contributed by atoms with Gasteiger partial charge in [-0.3, -0.25) is 0 Å². The topological polar surface area (TPSA) is 49.8 Å². The molecule has 0 saturated carbocycles. The summed E-state index contributed by atoms with van der Waals surface area (Å²) in [6, 6.07) is 0. The summed E-state index contributed by atoms with van der Waals surface area (Å²) in [7, 11) is 0. The number of nitrogens with zero attached hydrogens (tertiary/aromatic N) is 1. The molecule has 0 aromatic carbocycles. The van der Waals surface area contributed by atoms with Crippen LogP contribution in [0, 0.1) is 0 Å². The molecule has 4 heteroatoms. The molecule has 0 unspecified atom stereocenters. The third-order valence-electron chi connectivity index (χ3n) is 1.55. The van der Waals surface area contributed by atoms with Crippen molar-refractivity contribution in [3.05, 3.63) is 0 Å². The van der Waals surface area contributed by atoms with Gasteiger partial charge in [0.1, 0.15) is 5.60 Å². The fraction of sp³-hybridized carbons (Fsp3) is 0.900. The predicted molar refractivity (Wildman–Crippen MR) is 53.0 cm³/mol. The summed E-state index contributed by atoms with van der Waals surface area (Å²) in [6.45, 7) is 0.311. The second kappa shape index (κ2) is 4.17. The number of likely N-dealkylation sites (tertiary alicyclic amines) is 1. The van der Waals surface area contributed by atoms with Gasteiger partial charge in [0.05, 0.1) is 6.10 Å². The summed E-state index contributed by atoms with van der Waals surface area (Å²) < 4.78 is 35.8. The zero-order valence-corrected chi connectivity index (χ0v) is 8.70. The van der Waals surface area contributed by atoms with Gasteiger partial charge in [-0.15, -0.1) is 0 Å². The Morgan fingerprint density at radius 1 is 1.50 bits per heavy atom. The molecule has 1 aliphatic rings. The van der Waals surface area contributed by atoms with Crippen molar-refractivity contribution in [2.45, 2.75) is 45.3 Å².